The van der Waals surface area contributed by atoms with Crippen LogP contribution in [-0.4, -0.2) is 46.7 Å². The molecule has 0 unspecified atom stereocenters. The third kappa shape index (κ3) is 7.20. The SMILES string of the molecule is CCCCN(CC(=O)Nc1cc(C(C)(C)C)nn1-c1cccc(C)c1)C(=O)Cc1ccc(OC)cc1. The lowest BCUT2D eigenvalue weighted by Gasteiger charge is -2.22. The van der Waals surface area contributed by atoms with Gasteiger partial charge in [-0.05, 0) is 48.7 Å². The van der Waals surface area contributed by atoms with Gasteiger partial charge in [0.15, 0.2) is 0 Å². The smallest absolute Gasteiger partial charge is 0.245 e. The average Bonchev–Trinajstić information content (AvgIpc) is 3.26. The molecule has 0 saturated carbocycles. The van der Waals surface area contributed by atoms with E-state index in [0.717, 1.165) is 41.1 Å². The molecule has 2 amide bonds. The van der Waals surface area contributed by atoms with E-state index < -0.39 is 0 Å². The molecule has 0 saturated heterocycles. The predicted molar refractivity (Wildman–Crippen MR) is 144 cm³/mol. The molecule has 0 bridgehead atoms. The summed E-state index contributed by atoms with van der Waals surface area (Å²) in [6.45, 7) is 10.9. The quantitative estimate of drug-likeness (QED) is 0.419. The predicted octanol–water partition coefficient (Wildman–Crippen LogP) is 5.30. The van der Waals surface area contributed by atoms with Crippen LogP contribution in [0.5, 0.6) is 5.75 Å². The number of rotatable bonds is 10. The van der Waals surface area contributed by atoms with E-state index in [9.17, 15) is 9.59 Å². The van der Waals surface area contributed by atoms with Gasteiger partial charge >= 0.3 is 0 Å². The molecule has 36 heavy (non-hydrogen) atoms. The molecular formula is C29H38N4O3. The second-order valence-electron chi connectivity index (χ2n) is 10.2. The number of nitrogens with zero attached hydrogens (tertiary/aromatic N) is 3. The van der Waals surface area contributed by atoms with Gasteiger partial charge in [-0.3, -0.25) is 9.59 Å². The van der Waals surface area contributed by atoms with Crippen LogP contribution in [0.1, 0.15) is 57.4 Å². The Bertz CT molecular complexity index is 1180. The monoisotopic (exact) mass is 490 g/mol. The first-order valence-electron chi connectivity index (χ1n) is 12.5. The molecule has 0 spiro atoms. The van der Waals surface area contributed by atoms with Crippen molar-refractivity contribution in [3.05, 3.63) is 71.4 Å². The Balaban J connectivity index is 1.79. The third-order valence-electron chi connectivity index (χ3n) is 5.97. The zero-order valence-corrected chi connectivity index (χ0v) is 22.3. The standard InChI is InChI=1S/C29H38N4O3/c1-7-8-16-32(28(35)18-22-12-14-24(36-6)15-13-22)20-27(34)30-26-19-25(29(3,4)5)31-33(26)23-11-9-10-21(2)17-23/h9-15,17,19H,7-8,16,18,20H2,1-6H3,(H,30,34). The van der Waals surface area contributed by atoms with Crippen LogP contribution in [0.3, 0.4) is 0 Å². The van der Waals surface area contributed by atoms with Crippen LogP contribution < -0.4 is 10.1 Å². The molecule has 0 fully saturated rings. The molecule has 2 aromatic carbocycles. The van der Waals surface area contributed by atoms with Crippen LogP contribution in [0.25, 0.3) is 5.69 Å². The van der Waals surface area contributed by atoms with E-state index in [0.29, 0.717) is 12.4 Å². The Hall–Kier alpha value is -3.61. The molecule has 1 aromatic heterocycles. The molecule has 7 nitrogen and oxygen atoms in total. The Morgan fingerprint density at radius 1 is 1.08 bits per heavy atom. The molecule has 3 rings (SSSR count). The fourth-order valence-corrected chi connectivity index (χ4v) is 3.82. The van der Waals surface area contributed by atoms with Gasteiger partial charge in [-0.2, -0.15) is 5.10 Å². The van der Waals surface area contributed by atoms with Crippen LogP contribution in [0.2, 0.25) is 0 Å². The van der Waals surface area contributed by atoms with E-state index in [1.54, 1.807) is 16.7 Å². The number of hydrogen-bond acceptors (Lipinski definition) is 4. The molecule has 0 radical (unpaired) electrons. The van der Waals surface area contributed by atoms with E-state index in [-0.39, 0.29) is 30.2 Å². The lowest BCUT2D eigenvalue weighted by molar-refractivity contribution is -0.134. The number of ether oxygens (including phenoxy) is 1. The van der Waals surface area contributed by atoms with Crippen molar-refractivity contribution in [3.63, 3.8) is 0 Å². The second-order valence-corrected chi connectivity index (χ2v) is 10.2. The van der Waals surface area contributed by atoms with Gasteiger partial charge in [0.05, 0.1) is 31.5 Å². The number of hydrogen-bond donors (Lipinski definition) is 1. The molecule has 1 N–H and O–H groups in total. The summed E-state index contributed by atoms with van der Waals surface area (Å²) in [4.78, 5) is 27.9. The molecule has 0 atom stereocenters. The fraction of sp³-hybridized carbons (Fsp3) is 0.414. The van der Waals surface area contributed by atoms with E-state index in [2.05, 4.69) is 33.0 Å². The highest BCUT2D eigenvalue weighted by molar-refractivity contribution is 5.94. The Morgan fingerprint density at radius 2 is 1.81 bits per heavy atom. The lowest BCUT2D eigenvalue weighted by Crippen LogP contribution is -2.39. The maximum Gasteiger partial charge on any atom is 0.245 e. The number of aromatic nitrogens is 2. The van der Waals surface area contributed by atoms with Crippen molar-refractivity contribution in [2.24, 2.45) is 0 Å². The van der Waals surface area contributed by atoms with E-state index >= 15 is 0 Å². The maximum atomic E-state index is 13.2. The normalized spacial score (nSPS) is 11.3. The number of carbonyl (C=O) groups is 2. The van der Waals surface area contributed by atoms with Crippen molar-refractivity contribution in [2.75, 3.05) is 25.5 Å². The van der Waals surface area contributed by atoms with Crippen LogP contribution in [0.15, 0.2) is 54.6 Å². The number of carbonyl (C=O) groups excluding carboxylic acids is 2. The fourth-order valence-electron chi connectivity index (χ4n) is 3.82. The van der Waals surface area contributed by atoms with Gasteiger partial charge in [0.2, 0.25) is 11.8 Å². The van der Waals surface area contributed by atoms with Crippen LogP contribution in [0.4, 0.5) is 5.82 Å². The number of unbranched alkanes of at least 4 members (excludes halogenated alkanes) is 1. The van der Waals surface area contributed by atoms with Gasteiger partial charge in [-0.1, -0.05) is 58.4 Å². The van der Waals surface area contributed by atoms with E-state index in [4.69, 9.17) is 9.84 Å². The second kappa shape index (κ2) is 11.9. The van der Waals surface area contributed by atoms with Gasteiger partial charge in [-0.25, -0.2) is 4.68 Å². The van der Waals surface area contributed by atoms with Crippen molar-refractivity contribution >= 4 is 17.6 Å². The minimum atomic E-state index is -0.247. The summed E-state index contributed by atoms with van der Waals surface area (Å²) in [5, 5.41) is 7.80. The summed E-state index contributed by atoms with van der Waals surface area (Å²) in [7, 11) is 1.61. The van der Waals surface area contributed by atoms with E-state index in [1.165, 1.54) is 0 Å². The molecule has 7 heteroatoms. The van der Waals surface area contributed by atoms with Gasteiger partial charge < -0.3 is 15.0 Å². The Kier molecular flexibility index (Phi) is 8.91. The summed E-state index contributed by atoms with van der Waals surface area (Å²) in [5.41, 5.74) is 3.55. The highest BCUT2D eigenvalue weighted by Gasteiger charge is 2.23. The number of amides is 2. The summed E-state index contributed by atoms with van der Waals surface area (Å²) < 4.78 is 6.96. The largest absolute Gasteiger partial charge is 0.497 e. The summed E-state index contributed by atoms with van der Waals surface area (Å²) in [6.07, 6.45) is 2.00. The van der Waals surface area contributed by atoms with Crippen molar-refractivity contribution in [1.29, 1.82) is 0 Å². The summed E-state index contributed by atoms with van der Waals surface area (Å²) >= 11 is 0. The number of anilines is 1. The number of methoxy groups -OCH3 is 1. The Labute approximate surface area is 214 Å². The zero-order valence-electron chi connectivity index (χ0n) is 22.3. The van der Waals surface area contributed by atoms with Gasteiger partial charge in [0.1, 0.15) is 11.6 Å². The topological polar surface area (TPSA) is 76.5 Å². The number of benzene rings is 2. The number of aryl methyl sites for hydroxylation is 1. The van der Waals surface area contributed by atoms with Crippen molar-refractivity contribution in [3.8, 4) is 11.4 Å². The van der Waals surface area contributed by atoms with Crippen molar-refractivity contribution in [2.45, 2.75) is 59.3 Å². The minimum Gasteiger partial charge on any atom is -0.497 e. The summed E-state index contributed by atoms with van der Waals surface area (Å²) in [6, 6.07) is 17.3. The van der Waals surface area contributed by atoms with Crippen molar-refractivity contribution < 1.29 is 14.3 Å². The van der Waals surface area contributed by atoms with Gasteiger partial charge in [-0.15, -0.1) is 0 Å². The molecular weight excluding hydrogens is 452 g/mol. The van der Waals surface area contributed by atoms with Crippen LogP contribution >= 0.6 is 0 Å². The zero-order chi connectivity index (χ0) is 26.3. The first-order valence-corrected chi connectivity index (χ1v) is 12.5. The number of nitrogens with one attached hydrogen (secondary N) is 1. The van der Waals surface area contributed by atoms with Crippen LogP contribution in [-0.2, 0) is 21.4 Å². The molecule has 192 valence electrons. The summed E-state index contributed by atoms with van der Waals surface area (Å²) in [5.74, 6) is 1.01. The third-order valence-corrected chi connectivity index (χ3v) is 5.97. The molecule has 0 aliphatic rings. The maximum absolute atomic E-state index is 13.2. The highest BCUT2D eigenvalue weighted by Crippen LogP contribution is 2.26. The molecule has 0 aliphatic carbocycles. The van der Waals surface area contributed by atoms with Crippen molar-refractivity contribution in [1.82, 2.24) is 14.7 Å². The average molecular weight is 491 g/mol. The molecule has 1 heterocycles. The van der Waals surface area contributed by atoms with Crippen LogP contribution in [0, 0.1) is 6.92 Å². The minimum absolute atomic E-state index is 0.0150. The molecule has 0 aliphatic heterocycles. The Morgan fingerprint density at radius 3 is 2.42 bits per heavy atom. The van der Waals surface area contributed by atoms with E-state index in [1.807, 2.05) is 61.5 Å². The lowest BCUT2D eigenvalue weighted by atomic mass is 9.92. The van der Waals surface area contributed by atoms with Gasteiger partial charge in [0.25, 0.3) is 0 Å². The molecule has 3 aromatic rings. The first-order chi connectivity index (χ1) is 17.1. The van der Waals surface area contributed by atoms with Gasteiger partial charge in [0, 0.05) is 18.0 Å². The highest BCUT2D eigenvalue weighted by atomic mass is 16.5. The first kappa shape index (κ1) is 27.0.